The molecule has 4 rings (SSSR count). The lowest BCUT2D eigenvalue weighted by Crippen LogP contribution is -2.28. The fourth-order valence-electron chi connectivity index (χ4n) is 3.25. The van der Waals surface area contributed by atoms with Crippen LogP contribution in [0.2, 0.25) is 0 Å². The van der Waals surface area contributed by atoms with Crippen molar-refractivity contribution in [1.29, 1.82) is 0 Å². The second-order valence-electron chi connectivity index (χ2n) is 6.20. The number of benzene rings is 1. The minimum absolute atomic E-state index is 0.00473. The third-order valence-electron chi connectivity index (χ3n) is 4.48. The third kappa shape index (κ3) is 3.41. The molecule has 0 radical (unpaired) electrons. The van der Waals surface area contributed by atoms with Crippen molar-refractivity contribution in [3.8, 4) is 0 Å². The van der Waals surface area contributed by atoms with Crippen LogP contribution in [0.3, 0.4) is 0 Å². The molecule has 0 bridgehead atoms. The van der Waals surface area contributed by atoms with E-state index in [0.717, 1.165) is 28.3 Å². The number of thiophene rings is 1. The Labute approximate surface area is 155 Å². The normalized spacial score (nSPS) is 14.4. The molecule has 0 fully saturated rings. The number of carbonyl (C=O) groups excluding carboxylic acids is 1. The number of fused-ring (bicyclic) bond motifs is 3. The first kappa shape index (κ1) is 16.5. The average Bonchev–Trinajstić information content (AvgIpc) is 3.21. The van der Waals surface area contributed by atoms with Crippen LogP contribution in [0.1, 0.15) is 35.4 Å². The first-order chi connectivity index (χ1) is 12.2. The summed E-state index contributed by atoms with van der Waals surface area (Å²) < 4.78 is 0. The molecule has 0 unspecified atom stereocenters. The molecule has 1 aliphatic rings. The van der Waals surface area contributed by atoms with E-state index >= 15 is 0 Å². The molecule has 1 aromatic carbocycles. The number of amides is 1. The maximum absolute atomic E-state index is 12.3. The lowest BCUT2D eigenvalue weighted by atomic mass is 10.1. The molecular formula is C19H19N3OS2. The number of aromatic nitrogens is 2. The minimum atomic E-state index is 0.00473. The summed E-state index contributed by atoms with van der Waals surface area (Å²) in [5.41, 5.74) is 2.52. The first-order valence-electron chi connectivity index (χ1n) is 8.44. The minimum Gasteiger partial charge on any atom is -0.349 e. The van der Waals surface area contributed by atoms with Crippen LogP contribution in [0, 0.1) is 0 Å². The van der Waals surface area contributed by atoms with E-state index in [1.807, 2.05) is 37.3 Å². The van der Waals surface area contributed by atoms with Gasteiger partial charge in [0.15, 0.2) is 0 Å². The van der Waals surface area contributed by atoms with Gasteiger partial charge in [0, 0.05) is 10.3 Å². The average molecular weight is 370 g/mol. The molecule has 1 aliphatic carbocycles. The monoisotopic (exact) mass is 369 g/mol. The Hall–Kier alpha value is -1.92. The predicted molar refractivity (Wildman–Crippen MR) is 103 cm³/mol. The van der Waals surface area contributed by atoms with Gasteiger partial charge in [0.05, 0.1) is 11.8 Å². The van der Waals surface area contributed by atoms with Crippen LogP contribution in [0.4, 0.5) is 0 Å². The van der Waals surface area contributed by atoms with Gasteiger partial charge < -0.3 is 5.32 Å². The number of nitrogens with one attached hydrogen (secondary N) is 1. The SMILES string of the molecule is C[C@@H](NC(=O)CSc1ncnc2sc3c(c12)CCC3)c1ccccc1. The van der Waals surface area contributed by atoms with Gasteiger partial charge in [-0.2, -0.15) is 0 Å². The lowest BCUT2D eigenvalue weighted by molar-refractivity contribution is -0.119. The maximum Gasteiger partial charge on any atom is 0.230 e. The maximum atomic E-state index is 12.3. The Morgan fingerprint density at radius 3 is 2.96 bits per heavy atom. The van der Waals surface area contributed by atoms with Crippen molar-refractivity contribution in [3.63, 3.8) is 0 Å². The molecule has 1 N–H and O–H groups in total. The van der Waals surface area contributed by atoms with Crippen LogP contribution >= 0.6 is 23.1 Å². The zero-order valence-corrected chi connectivity index (χ0v) is 15.6. The molecule has 128 valence electrons. The molecule has 2 aromatic heterocycles. The number of carbonyl (C=O) groups is 1. The van der Waals surface area contributed by atoms with E-state index < -0.39 is 0 Å². The lowest BCUT2D eigenvalue weighted by Gasteiger charge is -2.14. The van der Waals surface area contributed by atoms with Gasteiger partial charge in [0.2, 0.25) is 5.91 Å². The Morgan fingerprint density at radius 1 is 1.28 bits per heavy atom. The number of nitrogens with zero attached hydrogens (tertiary/aromatic N) is 2. The number of hydrogen-bond donors (Lipinski definition) is 1. The molecule has 1 atom stereocenters. The second kappa shape index (κ2) is 7.14. The molecule has 0 aliphatic heterocycles. The predicted octanol–water partition coefficient (Wildman–Crippen LogP) is 4.15. The van der Waals surface area contributed by atoms with Crippen LogP contribution in [0.5, 0.6) is 0 Å². The van der Waals surface area contributed by atoms with E-state index in [9.17, 15) is 4.79 Å². The number of aryl methyl sites for hydroxylation is 2. The standard InChI is InChI=1S/C19H19N3OS2/c1-12(13-6-3-2-4-7-13)22-16(23)10-24-18-17-14-8-5-9-15(14)25-19(17)21-11-20-18/h2-4,6-7,11-12H,5,8-10H2,1H3,(H,22,23)/t12-/m1/s1. The molecule has 0 saturated carbocycles. The number of thioether (sulfide) groups is 1. The van der Waals surface area contributed by atoms with Gasteiger partial charge >= 0.3 is 0 Å². The van der Waals surface area contributed by atoms with Crippen LogP contribution in [-0.4, -0.2) is 21.6 Å². The summed E-state index contributed by atoms with van der Waals surface area (Å²) in [4.78, 5) is 23.7. The molecule has 0 spiro atoms. The topological polar surface area (TPSA) is 54.9 Å². The van der Waals surface area contributed by atoms with Gasteiger partial charge in [-0.25, -0.2) is 9.97 Å². The molecule has 4 nitrogen and oxygen atoms in total. The van der Waals surface area contributed by atoms with Crippen LogP contribution in [-0.2, 0) is 17.6 Å². The van der Waals surface area contributed by atoms with Crippen molar-refractivity contribution >= 4 is 39.2 Å². The highest BCUT2D eigenvalue weighted by Crippen LogP contribution is 2.39. The third-order valence-corrected chi connectivity index (χ3v) is 6.67. The highest BCUT2D eigenvalue weighted by atomic mass is 32.2. The van der Waals surface area contributed by atoms with E-state index in [2.05, 4.69) is 15.3 Å². The Kier molecular flexibility index (Phi) is 4.72. The smallest absolute Gasteiger partial charge is 0.230 e. The Bertz CT molecular complexity index is 908. The highest BCUT2D eigenvalue weighted by molar-refractivity contribution is 8.00. The van der Waals surface area contributed by atoms with Crippen LogP contribution in [0.25, 0.3) is 10.2 Å². The highest BCUT2D eigenvalue weighted by Gasteiger charge is 2.21. The van der Waals surface area contributed by atoms with E-state index in [-0.39, 0.29) is 11.9 Å². The van der Waals surface area contributed by atoms with Gasteiger partial charge in [-0.15, -0.1) is 11.3 Å². The fourth-order valence-corrected chi connectivity index (χ4v) is 5.38. The molecular weight excluding hydrogens is 350 g/mol. The summed E-state index contributed by atoms with van der Waals surface area (Å²) in [6.07, 6.45) is 5.08. The first-order valence-corrected chi connectivity index (χ1v) is 10.2. The van der Waals surface area contributed by atoms with Gasteiger partial charge in [-0.3, -0.25) is 4.79 Å². The molecule has 3 aromatic rings. The van der Waals surface area contributed by atoms with Crippen molar-refractivity contribution in [2.75, 3.05) is 5.75 Å². The zero-order chi connectivity index (χ0) is 17.2. The second-order valence-corrected chi connectivity index (χ2v) is 8.25. The van der Waals surface area contributed by atoms with E-state index in [1.165, 1.54) is 34.0 Å². The van der Waals surface area contributed by atoms with E-state index in [1.54, 1.807) is 17.7 Å². The Balaban J connectivity index is 1.45. The zero-order valence-electron chi connectivity index (χ0n) is 14.0. The molecule has 6 heteroatoms. The van der Waals surface area contributed by atoms with Crippen molar-refractivity contribution in [1.82, 2.24) is 15.3 Å². The summed E-state index contributed by atoms with van der Waals surface area (Å²) >= 11 is 3.29. The van der Waals surface area contributed by atoms with Crippen molar-refractivity contribution in [3.05, 3.63) is 52.7 Å². The van der Waals surface area contributed by atoms with Gasteiger partial charge in [0.25, 0.3) is 0 Å². The molecule has 25 heavy (non-hydrogen) atoms. The molecule has 2 heterocycles. The summed E-state index contributed by atoms with van der Waals surface area (Å²) in [5.74, 6) is 0.397. The number of hydrogen-bond acceptors (Lipinski definition) is 5. The summed E-state index contributed by atoms with van der Waals surface area (Å²) in [7, 11) is 0. The van der Waals surface area contributed by atoms with Crippen molar-refractivity contribution in [2.24, 2.45) is 0 Å². The Morgan fingerprint density at radius 2 is 2.12 bits per heavy atom. The largest absolute Gasteiger partial charge is 0.349 e. The van der Waals surface area contributed by atoms with E-state index in [0.29, 0.717) is 5.75 Å². The van der Waals surface area contributed by atoms with Gasteiger partial charge in [-0.05, 0) is 37.3 Å². The van der Waals surface area contributed by atoms with E-state index in [4.69, 9.17) is 0 Å². The summed E-state index contributed by atoms with van der Waals surface area (Å²) in [6.45, 7) is 2.01. The molecule has 0 saturated heterocycles. The van der Waals surface area contributed by atoms with Gasteiger partial charge in [0.1, 0.15) is 16.2 Å². The van der Waals surface area contributed by atoms with Gasteiger partial charge in [-0.1, -0.05) is 42.1 Å². The fraction of sp³-hybridized carbons (Fsp3) is 0.316. The van der Waals surface area contributed by atoms with Crippen molar-refractivity contribution in [2.45, 2.75) is 37.3 Å². The van der Waals surface area contributed by atoms with Crippen molar-refractivity contribution < 1.29 is 4.79 Å². The molecule has 1 amide bonds. The van der Waals surface area contributed by atoms with Crippen LogP contribution < -0.4 is 5.32 Å². The summed E-state index contributed by atoms with van der Waals surface area (Å²) in [6, 6.07) is 10.0. The summed E-state index contributed by atoms with van der Waals surface area (Å²) in [5, 5.41) is 5.17. The van der Waals surface area contributed by atoms with Crippen LogP contribution in [0.15, 0.2) is 41.7 Å². The number of rotatable bonds is 5. The quantitative estimate of drug-likeness (QED) is 0.542.